The fraction of sp³-hybridized carbons (Fsp3) is 0.545. The predicted molar refractivity (Wildman–Crippen MR) is 66.0 cm³/mol. The van der Waals surface area contributed by atoms with Gasteiger partial charge in [-0.2, -0.15) is 0 Å². The van der Waals surface area contributed by atoms with E-state index in [9.17, 15) is 5.11 Å². The van der Waals surface area contributed by atoms with Crippen LogP contribution in [-0.2, 0) is 0 Å². The Hall–Kier alpha value is -0.610. The third-order valence-corrected chi connectivity index (χ3v) is 3.08. The van der Waals surface area contributed by atoms with Gasteiger partial charge in [-0.15, -0.1) is 0 Å². The molecule has 1 rings (SSSR count). The Balaban J connectivity index is 2.56. The molecule has 0 saturated carbocycles. The standard InChI is InChI=1S/C11H17BrN2O/c1-3-11(15,4-2)8-14-10-5-9(12)6-13-7-10/h5-7,14-15H,3-4,8H2,1-2H3. The molecule has 0 aliphatic heterocycles. The molecule has 1 aromatic rings. The van der Waals surface area contributed by atoms with Crippen molar-refractivity contribution >= 4 is 21.6 Å². The molecule has 1 heterocycles. The van der Waals surface area contributed by atoms with Gasteiger partial charge in [0, 0.05) is 17.2 Å². The largest absolute Gasteiger partial charge is 0.388 e. The van der Waals surface area contributed by atoms with Gasteiger partial charge >= 0.3 is 0 Å². The van der Waals surface area contributed by atoms with Gasteiger partial charge in [0.25, 0.3) is 0 Å². The minimum Gasteiger partial charge on any atom is -0.388 e. The van der Waals surface area contributed by atoms with Crippen LogP contribution in [0.2, 0.25) is 0 Å². The molecule has 0 atom stereocenters. The summed E-state index contributed by atoms with van der Waals surface area (Å²) in [5.74, 6) is 0. The molecule has 0 amide bonds. The van der Waals surface area contributed by atoms with E-state index >= 15 is 0 Å². The molecule has 1 aromatic heterocycles. The van der Waals surface area contributed by atoms with E-state index in [4.69, 9.17) is 0 Å². The lowest BCUT2D eigenvalue weighted by Gasteiger charge is -2.25. The highest BCUT2D eigenvalue weighted by Gasteiger charge is 2.21. The molecule has 0 aliphatic carbocycles. The summed E-state index contributed by atoms with van der Waals surface area (Å²) in [5, 5.41) is 13.3. The monoisotopic (exact) mass is 272 g/mol. The zero-order valence-electron chi connectivity index (χ0n) is 9.13. The van der Waals surface area contributed by atoms with E-state index in [1.54, 1.807) is 12.4 Å². The average Bonchev–Trinajstić information content (AvgIpc) is 2.26. The topological polar surface area (TPSA) is 45.1 Å². The van der Waals surface area contributed by atoms with Gasteiger partial charge in [-0.05, 0) is 34.8 Å². The number of aliphatic hydroxyl groups is 1. The van der Waals surface area contributed by atoms with E-state index in [2.05, 4.69) is 26.2 Å². The molecule has 2 N–H and O–H groups in total. The van der Waals surface area contributed by atoms with Gasteiger partial charge in [-0.3, -0.25) is 4.98 Å². The van der Waals surface area contributed by atoms with E-state index in [0.29, 0.717) is 6.54 Å². The first kappa shape index (κ1) is 12.5. The van der Waals surface area contributed by atoms with Crippen LogP contribution in [0.15, 0.2) is 22.9 Å². The highest BCUT2D eigenvalue weighted by molar-refractivity contribution is 9.10. The molecule has 4 heteroatoms. The normalized spacial score (nSPS) is 11.5. The fourth-order valence-electron chi connectivity index (χ4n) is 1.28. The van der Waals surface area contributed by atoms with Gasteiger partial charge in [-0.1, -0.05) is 13.8 Å². The Morgan fingerprint density at radius 1 is 1.40 bits per heavy atom. The van der Waals surface area contributed by atoms with Crippen LogP contribution in [-0.4, -0.2) is 22.2 Å². The molecule has 0 bridgehead atoms. The number of halogens is 1. The van der Waals surface area contributed by atoms with Crippen LogP contribution in [0.3, 0.4) is 0 Å². The molecule has 0 unspecified atom stereocenters. The second-order valence-corrected chi connectivity index (χ2v) is 4.59. The first-order valence-corrected chi connectivity index (χ1v) is 5.96. The molecule has 3 nitrogen and oxygen atoms in total. The van der Waals surface area contributed by atoms with Crippen molar-refractivity contribution in [2.75, 3.05) is 11.9 Å². The van der Waals surface area contributed by atoms with Crippen LogP contribution in [0.4, 0.5) is 5.69 Å². The lowest BCUT2D eigenvalue weighted by molar-refractivity contribution is 0.0457. The average molecular weight is 273 g/mol. The maximum Gasteiger partial charge on any atom is 0.0814 e. The summed E-state index contributed by atoms with van der Waals surface area (Å²) in [6, 6.07) is 1.94. The summed E-state index contributed by atoms with van der Waals surface area (Å²) in [6.07, 6.45) is 4.98. The Morgan fingerprint density at radius 3 is 2.60 bits per heavy atom. The molecule has 0 radical (unpaired) electrons. The van der Waals surface area contributed by atoms with Crippen molar-refractivity contribution in [3.8, 4) is 0 Å². The number of nitrogens with zero attached hydrogens (tertiary/aromatic N) is 1. The number of pyridine rings is 1. The van der Waals surface area contributed by atoms with Gasteiger partial charge in [0.2, 0.25) is 0 Å². The number of aromatic nitrogens is 1. The first-order chi connectivity index (χ1) is 7.09. The van der Waals surface area contributed by atoms with E-state index in [1.807, 2.05) is 19.9 Å². The van der Waals surface area contributed by atoms with Crippen molar-refractivity contribution in [3.63, 3.8) is 0 Å². The summed E-state index contributed by atoms with van der Waals surface area (Å²) in [4.78, 5) is 4.05. The number of rotatable bonds is 5. The maximum absolute atomic E-state index is 10.1. The van der Waals surface area contributed by atoms with Crippen molar-refractivity contribution in [2.24, 2.45) is 0 Å². The summed E-state index contributed by atoms with van der Waals surface area (Å²) in [7, 11) is 0. The summed E-state index contributed by atoms with van der Waals surface area (Å²) in [6.45, 7) is 4.53. The zero-order chi connectivity index (χ0) is 11.3. The summed E-state index contributed by atoms with van der Waals surface area (Å²) >= 11 is 3.35. The first-order valence-electron chi connectivity index (χ1n) is 5.16. The van der Waals surface area contributed by atoms with Crippen molar-refractivity contribution in [1.29, 1.82) is 0 Å². The molecule has 15 heavy (non-hydrogen) atoms. The predicted octanol–water partition coefficient (Wildman–Crippen LogP) is 2.81. The van der Waals surface area contributed by atoms with Gasteiger partial charge < -0.3 is 10.4 Å². The van der Waals surface area contributed by atoms with Crippen LogP contribution in [0.5, 0.6) is 0 Å². The van der Waals surface area contributed by atoms with E-state index < -0.39 is 5.60 Å². The van der Waals surface area contributed by atoms with E-state index in [0.717, 1.165) is 23.0 Å². The number of hydrogen-bond donors (Lipinski definition) is 2. The Labute approximate surface area is 99.1 Å². The maximum atomic E-state index is 10.1. The van der Waals surface area contributed by atoms with Crippen molar-refractivity contribution < 1.29 is 5.11 Å². The molecule has 0 fully saturated rings. The molecule has 0 aliphatic rings. The van der Waals surface area contributed by atoms with E-state index in [-0.39, 0.29) is 0 Å². The molecular weight excluding hydrogens is 256 g/mol. The minimum atomic E-state index is -0.623. The number of hydrogen-bond acceptors (Lipinski definition) is 3. The molecule has 0 spiro atoms. The van der Waals surface area contributed by atoms with Gasteiger partial charge in [0.1, 0.15) is 0 Å². The third-order valence-electron chi connectivity index (χ3n) is 2.64. The van der Waals surface area contributed by atoms with Crippen LogP contribution in [0.25, 0.3) is 0 Å². The fourth-order valence-corrected chi connectivity index (χ4v) is 1.64. The van der Waals surface area contributed by atoms with Crippen LogP contribution < -0.4 is 5.32 Å². The molecule has 0 saturated heterocycles. The second kappa shape index (κ2) is 5.47. The summed E-state index contributed by atoms with van der Waals surface area (Å²) < 4.78 is 0.934. The lowest BCUT2D eigenvalue weighted by atomic mass is 9.97. The molecule has 0 aromatic carbocycles. The van der Waals surface area contributed by atoms with Crippen molar-refractivity contribution in [2.45, 2.75) is 32.3 Å². The molecule has 84 valence electrons. The van der Waals surface area contributed by atoms with Crippen LogP contribution >= 0.6 is 15.9 Å². The van der Waals surface area contributed by atoms with Crippen LogP contribution in [0.1, 0.15) is 26.7 Å². The summed E-state index contributed by atoms with van der Waals surface area (Å²) in [5.41, 5.74) is 0.298. The van der Waals surface area contributed by atoms with Crippen molar-refractivity contribution in [3.05, 3.63) is 22.9 Å². The SMILES string of the molecule is CCC(O)(CC)CNc1cncc(Br)c1. The third kappa shape index (κ3) is 3.80. The quantitative estimate of drug-likeness (QED) is 0.867. The van der Waals surface area contributed by atoms with Crippen molar-refractivity contribution in [1.82, 2.24) is 4.98 Å². The zero-order valence-corrected chi connectivity index (χ0v) is 10.7. The molecular formula is C11H17BrN2O. The van der Waals surface area contributed by atoms with Gasteiger partial charge in [0.15, 0.2) is 0 Å². The van der Waals surface area contributed by atoms with Gasteiger partial charge in [-0.25, -0.2) is 0 Å². The van der Waals surface area contributed by atoms with Gasteiger partial charge in [0.05, 0.1) is 17.5 Å². The smallest absolute Gasteiger partial charge is 0.0814 e. The Kier molecular flexibility index (Phi) is 4.54. The second-order valence-electron chi connectivity index (χ2n) is 3.68. The minimum absolute atomic E-state index is 0.554. The Bertz CT molecular complexity index is 313. The Morgan fingerprint density at radius 2 is 2.07 bits per heavy atom. The van der Waals surface area contributed by atoms with E-state index in [1.165, 1.54) is 0 Å². The van der Waals surface area contributed by atoms with Crippen LogP contribution in [0, 0.1) is 0 Å². The number of anilines is 1. The lowest BCUT2D eigenvalue weighted by Crippen LogP contribution is -2.35. The highest BCUT2D eigenvalue weighted by atomic mass is 79.9. The number of nitrogens with one attached hydrogen (secondary N) is 1. The highest BCUT2D eigenvalue weighted by Crippen LogP contribution is 2.18.